The quantitative estimate of drug-likeness (QED) is 0.781. The third kappa shape index (κ3) is 2.94. The average Bonchev–Trinajstić information content (AvgIpc) is 3.08. The van der Waals surface area contributed by atoms with E-state index in [0.29, 0.717) is 5.69 Å². The SMILES string of the molecule is Cc1c(C(=O)N(C)C2CCNCC2)nnn1-c1ccc2ncccc2c1. The number of carbonyl (C=O) groups is 1. The summed E-state index contributed by atoms with van der Waals surface area (Å²) < 4.78 is 1.72. The largest absolute Gasteiger partial charge is 0.337 e. The van der Waals surface area contributed by atoms with Gasteiger partial charge in [-0.2, -0.15) is 0 Å². The van der Waals surface area contributed by atoms with E-state index >= 15 is 0 Å². The van der Waals surface area contributed by atoms with E-state index in [1.54, 1.807) is 10.9 Å². The Kier molecular flexibility index (Phi) is 4.38. The first-order valence-corrected chi connectivity index (χ1v) is 8.90. The molecule has 7 heteroatoms. The van der Waals surface area contributed by atoms with Crippen LogP contribution in [0, 0.1) is 6.92 Å². The number of pyridine rings is 1. The summed E-state index contributed by atoms with van der Waals surface area (Å²) in [6, 6.07) is 10.1. The lowest BCUT2D eigenvalue weighted by Crippen LogP contribution is -2.44. The smallest absolute Gasteiger partial charge is 0.276 e. The number of benzene rings is 1. The first-order chi connectivity index (χ1) is 12.6. The number of nitrogens with one attached hydrogen (secondary N) is 1. The molecule has 134 valence electrons. The van der Waals surface area contributed by atoms with Gasteiger partial charge >= 0.3 is 0 Å². The number of nitrogens with zero attached hydrogens (tertiary/aromatic N) is 5. The van der Waals surface area contributed by atoms with Gasteiger partial charge < -0.3 is 10.2 Å². The van der Waals surface area contributed by atoms with E-state index in [-0.39, 0.29) is 11.9 Å². The molecular weight excluding hydrogens is 328 g/mol. The van der Waals surface area contributed by atoms with Crippen molar-refractivity contribution in [3.63, 3.8) is 0 Å². The van der Waals surface area contributed by atoms with Crippen LogP contribution >= 0.6 is 0 Å². The van der Waals surface area contributed by atoms with Crippen molar-refractivity contribution in [1.82, 2.24) is 30.2 Å². The number of aromatic nitrogens is 4. The zero-order valence-electron chi connectivity index (χ0n) is 15.0. The molecule has 0 radical (unpaired) electrons. The molecule has 7 nitrogen and oxygen atoms in total. The van der Waals surface area contributed by atoms with E-state index in [1.165, 1.54) is 0 Å². The Bertz CT molecular complexity index is 944. The summed E-state index contributed by atoms with van der Waals surface area (Å²) in [4.78, 5) is 19.0. The van der Waals surface area contributed by atoms with Gasteiger partial charge in [0.15, 0.2) is 5.69 Å². The Hall–Kier alpha value is -2.80. The number of hydrogen-bond donors (Lipinski definition) is 1. The maximum Gasteiger partial charge on any atom is 0.276 e. The molecule has 0 saturated carbocycles. The standard InChI is InChI=1S/C19H22N6O/c1-13-18(19(26)24(2)15-7-10-20-11-8-15)22-23-25(13)16-5-6-17-14(12-16)4-3-9-21-17/h3-6,9,12,15,20H,7-8,10-11H2,1-2H3. The van der Waals surface area contributed by atoms with Crippen molar-refractivity contribution in [2.24, 2.45) is 0 Å². The summed E-state index contributed by atoms with van der Waals surface area (Å²) in [7, 11) is 1.86. The van der Waals surface area contributed by atoms with Crippen molar-refractivity contribution < 1.29 is 4.79 Å². The number of carbonyl (C=O) groups excluding carboxylic acids is 1. The van der Waals surface area contributed by atoms with E-state index in [1.807, 2.05) is 49.2 Å². The van der Waals surface area contributed by atoms with Crippen LogP contribution in [0.4, 0.5) is 0 Å². The van der Waals surface area contributed by atoms with Gasteiger partial charge in [-0.3, -0.25) is 9.78 Å². The minimum Gasteiger partial charge on any atom is -0.337 e. The topological polar surface area (TPSA) is 75.9 Å². The van der Waals surface area contributed by atoms with Crippen LogP contribution in [0.3, 0.4) is 0 Å². The van der Waals surface area contributed by atoms with Gasteiger partial charge in [0.05, 0.1) is 16.9 Å². The van der Waals surface area contributed by atoms with Crippen LogP contribution in [-0.2, 0) is 0 Å². The lowest BCUT2D eigenvalue weighted by Gasteiger charge is -2.31. The van der Waals surface area contributed by atoms with Crippen LogP contribution in [0.25, 0.3) is 16.6 Å². The van der Waals surface area contributed by atoms with Gasteiger partial charge in [0, 0.05) is 24.7 Å². The molecule has 1 amide bonds. The summed E-state index contributed by atoms with van der Waals surface area (Å²) in [6.07, 6.45) is 3.70. The van der Waals surface area contributed by atoms with E-state index < -0.39 is 0 Å². The third-order valence-electron chi connectivity index (χ3n) is 5.11. The molecule has 0 atom stereocenters. The summed E-state index contributed by atoms with van der Waals surface area (Å²) in [6.45, 7) is 3.77. The number of piperidine rings is 1. The molecule has 1 N–H and O–H groups in total. The third-order valence-corrected chi connectivity index (χ3v) is 5.11. The zero-order valence-corrected chi connectivity index (χ0v) is 15.0. The second-order valence-electron chi connectivity index (χ2n) is 6.71. The summed E-state index contributed by atoms with van der Waals surface area (Å²) in [5.74, 6) is -0.0666. The maximum atomic E-state index is 12.9. The van der Waals surface area contributed by atoms with Crippen LogP contribution < -0.4 is 5.32 Å². The summed E-state index contributed by atoms with van der Waals surface area (Å²) >= 11 is 0. The predicted octanol–water partition coefficient (Wildman–Crippen LogP) is 1.95. The van der Waals surface area contributed by atoms with Crippen LogP contribution in [0.5, 0.6) is 0 Å². The summed E-state index contributed by atoms with van der Waals surface area (Å²) in [5.41, 5.74) is 2.96. The number of rotatable bonds is 3. The molecule has 4 rings (SSSR count). The lowest BCUT2D eigenvalue weighted by atomic mass is 10.0. The molecule has 0 aliphatic carbocycles. The van der Waals surface area contributed by atoms with Gasteiger partial charge in [0.25, 0.3) is 5.91 Å². The molecule has 3 aromatic rings. The van der Waals surface area contributed by atoms with Crippen LogP contribution in [-0.4, -0.2) is 57.0 Å². The lowest BCUT2D eigenvalue weighted by molar-refractivity contribution is 0.0696. The van der Waals surface area contributed by atoms with Crippen LogP contribution in [0.2, 0.25) is 0 Å². The Labute approximate surface area is 152 Å². The highest BCUT2D eigenvalue weighted by Crippen LogP contribution is 2.20. The monoisotopic (exact) mass is 350 g/mol. The Morgan fingerprint density at radius 3 is 2.88 bits per heavy atom. The minimum absolute atomic E-state index is 0.0666. The fourth-order valence-electron chi connectivity index (χ4n) is 3.49. The molecule has 0 unspecified atom stereocenters. The molecule has 1 aliphatic heterocycles. The van der Waals surface area contributed by atoms with Gasteiger partial charge in [-0.1, -0.05) is 11.3 Å². The van der Waals surface area contributed by atoms with Crippen LogP contribution in [0.1, 0.15) is 29.0 Å². The second kappa shape index (κ2) is 6.84. The normalized spacial score (nSPS) is 15.3. The molecule has 2 aromatic heterocycles. The molecule has 1 aliphatic rings. The highest BCUT2D eigenvalue weighted by Gasteiger charge is 2.26. The fraction of sp³-hybridized carbons (Fsp3) is 0.368. The van der Waals surface area contributed by atoms with Gasteiger partial charge in [-0.15, -0.1) is 5.10 Å². The van der Waals surface area contributed by atoms with Crippen molar-refractivity contribution in [2.75, 3.05) is 20.1 Å². The molecular formula is C19H22N6O. The van der Waals surface area contributed by atoms with Gasteiger partial charge in [-0.25, -0.2) is 4.68 Å². The first-order valence-electron chi connectivity index (χ1n) is 8.90. The predicted molar refractivity (Wildman–Crippen MR) is 99.4 cm³/mol. The van der Waals surface area contributed by atoms with Gasteiger partial charge in [0.1, 0.15) is 0 Å². The van der Waals surface area contributed by atoms with Gasteiger partial charge in [0.2, 0.25) is 0 Å². The minimum atomic E-state index is -0.0666. The van der Waals surface area contributed by atoms with E-state index in [2.05, 4.69) is 20.6 Å². The summed E-state index contributed by atoms with van der Waals surface area (Å²) in [5, 5.41) is 12.8. The second-order valence-corrected chi connectivity index (χ2v) is 6.71. The van der Waals surface area contributed by atoms with Crippen molar-refractivity contribution in [2.45, 2.75) is 25.8 Å². The molecule has 0 spiro atoms. The van der Waals surface area contributed by atoms with Crippen molar-refractivity contribution >= 4 is 16.8 Å². The molecule has 1 aromatic carbocycles. The number of amides is 1. The van der Waals surface area contributed by atoms with Crippen molar-refractivity contribution in [1.29, 1.82) is 0 Å². The zero-order chi connectivity index (χ0) is 18.1. The maximum absolute atomic E-state index is 12.9. The van der Waals surface area contributed by atoms with E-state index in [4.69, 9.17) is 0 Å². The van der Waals surface area contributed by atoms with E-state index in [9.17, 15) is 4.79 Å². The van der Waals surface area contributed by atoms with Crippen molar-refractivity contribution in [3.8, 4) is 5.69 Å². The first kappa shape index (κ1) is 16.7. The fourth-order valence-corrected chi connectivity index (χ4v) is 3.49. The Morgan fingerprint density at radius 1 is 1.27 bits per heavy atom. The van der Waals surface area contributed by atoms with Crippen LogP contribution in [0.15, 0.2) is 36.5 Å². The van der Waals surface area contributed by atoms with E-state index in [0.717, 1.165) is 48.2 Å². The average molecular weight is 350 g/mol. The number of fused-ring (bicyclic) bond motifs is 1. The molecule has 1 saturated heterocycles. The Balaban J connectivity index is 1.63. The molecule has 1 fully saturated rings. The molecule has 26 heavy (non-hydrogen) atoms. The van der Waals surface area contributed by atoms with Gasteiger partial charge in [-0.05, 0) is 57.1 Å². The number of hydrogen-bond acceptors (Lipinski definition) is 5. The molecule has 3 heterocycles. The molecule has 0 bridgehead atoms. The highest BCUT2D eigenvalue weighted by atomic mass is 16.2. The Morgan fingerprint density at radius 2 is 2.08 bits per heavy atom. The van der Waals surface area contributed by atoms with Crippen molar-refractivity contribution in [3.05, 3.63) is 47.9 Å². The highest BCUT2D eigenvalue weighted by molar-refractivity contribution is 5.93.